The van der Waals surface area contributed by atoms with Gasteiger partial charge in [-0.2, -0.15) is 0 Å². The summed E-state index contributed by atoms with van der Waals surface area (Å²) < 4.78 is 0. The Morgan fingerprint density at radius 1 is 0.935 bits per heavy atom. The molecule has 1 aromatic carbocycles. The predicted octanol–water partition coefficient (Wildman–Crippen LogP) is 4.27. The molecule has 0 saturated heterocycles. The molecule has 2 aromatic heterocycles. The maximum absolute atomic E-state index is 4.94. The Bertz CT molecular complexity index is 1050. The van der Waals surface area contributed by atoms with Crippen LogP contribution in [0.25, 0.3) is 0 Å². The summed E-state index contributed by atoms with van der Waals surface area (Å²) in [4.78, 5) is 16.7. The van der Waals surface area contributed by atoms with E-state index in [2.05, 4.69) is 57.7 Å². The lowest BCUT2D eigenvalue weighted by Crippen LogP contribution is -2.40. The molecule has 3 heterocycles. The molecule has 1 atom stereocenters. The number of benzene rings is 1. The van der Waals surface area contributed by atoms with Crippen molar-refractivity contribution in [1.82, 2.24) is 20.2 Å². The highest BCUT2D eigenvalue weighted by atomic mass is 15.2. The fourth-order valence-electron chi connectivity index (χ4n) is 4.75. The fraction of sp³-hybridized carbons (Fsp3) is 0.346. The van der Waals surface area contributed by atoms with Crippen molar-refractivity contribution in [2.24, 2.45) is 4.99 Å². The number of hydrogen-bond donors (Lipinski definition) is 1. The monoisotopic (exact) mass is 411 g/mol. The molecule has 1 aliphatic heterocycles. The smallest absolute Gasteiger partial charge is 0.0665 e. The number of hydrogen-bond acceptors (Lipinski definition) is 5. The third-order valence-corrected chi connectivity index (χ3v) is 6.26. The third kappa shape index (κ3) is 4.73. The first-order valence-electron chi connectivity index (χ1n) is 11.3. The molecule has 5 rings (SSSR count). The van der Waals surface area contributed by atoms with E-state index in [1.54, 1.807) is 0 Å². The second-order valence-corrected chi connectivity index (χ2v) is 8.41. The van der Waals surface area contributed by atoms with Crippen LogP contribution in [0.2, 0.25) is 0 Å². The van der Waals surface area contributed by atoms with Crippen LogP contribution in [0.15, 0.2) is 72.0 Å². The lowest BCUT2D eigenvalue weighted by molar-refractivity contribution is 0.199. The first-order valence-corrected chi connectivity index (χ1v) is 11.3. The summed E-state index contributed by atoms with van der Waals surface area (Å²) in [7, 11) is 0. The quantitative estimate of drug-likeness (QED) is 0.562. The van der Waals surface area contributed by atoms with Crippen LogP contribution in [-0.2, 0) is 19.4 Å². The van der Waals surface area contributed by atoms with Crippen molar-refractivity contribution in [3.05, 3.63) is 89.5 Å². The van der Waals surface area contributed by atoms with Gasteiger partial charge in [-0.25, -0.2) is 0 Å². The van der Waals surface area contributed by atoms with Crippen molar-refractivity contribution in [2.45, 2.75) is 38.3 Å². The first-order chi connectivity index (χ1) is 15.4. The number of fused-ring (bicyclic) bond motifs is 2. The zero-order valence-electron chi connectivity index (χ0n) is 17.9. The van der Waals surface area contributed by atoms with Crippen molar-refractivity contribution in [1.29, 1.82) is 0 Å². The van der Waals surface area contributed by atoms with Crippen LogP contribution in [-0.4, -0.2) is 40.2 Å². The second kappa shape index (κ2) is 9.50. The molecule has 0 bridgehead atoms. The zero-order valence-corrected chi connectivity index (χ0v) is 17.9. The summed E-state index contributed by atoms with van der Waals surface area (Å²) in [6, 6.07) is 19.2. The van der Waals surface area contributed by atoms with Gasteiger partial charge < -0.3 is 5.32 Å². The molecule has 2 aliphatic rings. The number of aliphatic imine (C=N–C) groups is 1. The number of para-hydroxylation sites is 1. The van der Waals surface area contributed by atoms with E-state index in [1.807, 2.05) is 24.5 Å². The number of aromatic nitrogens is 2. The topological polar surface area (TPSA) is 53.4 Å². The van der Waals surface area contributed by atoms with Crippen molar-refractivity contribution in [3.8, 4) is 0 Å². The average Bonchev–Trinajstić information content (AvgIpc) is 3.24. The number of nitrogens with zero attached hydrogens (tertiary/aromatic N) is 4. The van der Waals surface area contributed by atoms with Gasteiger partial charge in [0, 0.05) is 50.7 Å². The minimum atomic E-state index is 0.355. The van der Waals surface area contributed by atoms with Gasteiger partial charge in [0.2, 0.25) is 0 Å². The predicted molar refractivity (Wildman–Crippen MR) is 125 cm³/mol. The molecule has 5 heteroatoms. The maximum atomic E-state index is 4.94. The largest absolute Gasteiger partial charge is 0.310 e. The Hall–Kier alpha value is -2.89. The highest BCUT2D eigenvalue weighted by Crippen LogP contribution is 2.33. The number of pyridine rings is 2. The van der Waals surface area contributed by atoms with Crippen molar-refractivity contribution in [3.63, 3.8) is 0 Å². The van der Waals surface area contributed by atoms with Gasteiger partial charge in [0.05, 0.1) is 23.1 Å². The van der Waals surface area contributed by atoms with E-state index >= 15 is 0 Å². The lowest BCUT2D eigenvalue weighted by atomic mass is 9.90. The Labute approximate surface area is 184 Å². The molecule has 1 N–H and O–H groups in total. The Kier molecular flexibility index (Phi) is 6.14. The standard InChI is InChI=1S/C26H29N5/c1-2-11-24-21(7-1)17-23(30-24)19-31(16-15-27-18-22-10-3-4-13-28-22)25-12-5-8-20-9-6-14-29-26(20)25/h1-4,6-7,9-11,13-14,25,27H,5,8,12,15-19H2. The zero-order chi connectivity index (χ0) is 20.9. The van der Waals surface area contributed by atoms with Gasteiger partial charge in [-0.15, -0.1) is 0 Å². The summed E-state index contributed by atoms with van der Waals surface area (Å²) in [6.07, 6.45) is 8.26. The van der Waals surface area contributed by atoms with E-state index in [4.69, 9.17) is 9.98 Å². The van der Waals surface area contributed by atoms with E-state index in [0.717, 1.165) is 56.8 Å². The molecular weight excluding hydrogens is 382 g/mol. The molecule has 0 amide bonds. The molecule has 1 aliphatic carbocycles. The van der Waals surface area contributed by atoms with E-state index in [-0.39, 0.29) is 0 Å². The Balaban J connectivity index is 1.30. The molecule has 158 valence electrons. The van der Waals surface area contributed by atoms with Gasteiger partial charge in [0.15, 0.2) is 0 Å². The third-order valence-electron chi connectivity index (χ3n) is 6.26. The highest BCUT2D eigenvalue weighted by Gasteiger charge is 2.28. The van der Waals surface area contributed by atoms with Crippen LogP contribution in [0.4, 0.5) is 5.69 Å². The highest BCUT2D eigenvalue weighted by molar-refractivity contribution is 5.95. The van der Waals surface area contributed by atoms with Gasteiger partial charge in [0.1, 0.15) is 0 Å². The molecule has 0 fully saturated rings. The van der Waals surface area contributed by atoms with Gasteiger partial charge in [0.25, 0.3) is 0 Å². The molecular formula is C26H29N5. The number of aryl methyl sites for hydroxylation is 1. The Morgan fingerprint density at radius 3 is 2.71 bits per heavy atom. The SMILES string of the molecule is c1ccc(CNCCN(CC2=Nc3ccccc3C2)C2CCCc3cccnc32)nc1. The molecule has 5 nitrogen and oxygen atoms in total. The summed E-state index contributed by atoms with van der Waals surface area (Å²) in [5.74, 6) is 0. The molecule has 0 radical (unpaired) electrons. The van der Waals surface area contributed by atoms with Gasteiger partial charge in [-0.3, -0.25) is 19.9 Å². The molecule has 0 saturated carbocycles. The van der Waals surface area contributed by atoms with Gasteiger partial charge in [-0.1, -0.05) is 30.3 Å². The molecule has 0 spiro atoms. The van der Waals surface area contributed by atoms with Crippen LogP contribution in [0.5, 0.6) is 0 Å². The van der Waals surface area contributed by atoms with E-state index in [0.29, 0.717) is 6.04 Å². The minimum absolute atomic E-state index is 0.355. The van der Waals surface area contributed by atoms with Crippen molar-refractivity contribution in [2.75, 3.05) is 19.6 Å². The molecule has 31 heavy (non-hydrogen) atoms. The van der Waals surface area contributed by atoms with Crippen LogP contribution >= 0.6 is 0 Å². The van der Waals surface area contributed by atoms with Crippen LogP contribution in [0.3, 0.4) is 0 Å². The summed E-state index contributed by atoms with van der Waals surface area (Å²) in [6.45, 7) is 3.56. The van der Waals surface area contributed by atoms with Gasteiger partial charge >= 0.3 is 0 Å². The summed E-state index contributed by atoms with van der Waals surface area (Å²) >= 11 is 0. The Morgan fingerprint density at radius 2 is 1.81 bits per heavy atom. The van der Waals surface area contributed by atoms with Crippen LogP contribution in [0, 0.1) is 0 Å². The summed E-state index contributed by atoms with van der Waals surface area (Å²) in [5.41, 5.74) is 7.47. The van der Waals surface area contributed by atoms with Crippen LogP contribution in [0.1, 0.15) is 41.4 Å². The van der Waals surface area contributed by atoms with E-state index in [9.17, 15) is 0 Å². The summed E-state index contributed by atoms with van der Waals surface area (Å²) in [5, 5.41) is 3.57. The van der Waals surface area contributed by atoms with E-state index in [1.165, 1.54) is 29.0 Å². The minimum Gasteiger partial charge on any atom is -0.310 e. The number of nitrogens with one attached hydrogen (secondary N) is 1. The average molecular weight is 412 g/mol. The maximum Gasteiger partial charge on any atom is 0.0665 e. The van der Waals surface area contributed by atoms with Gasteiger partial charge in [-0.05, 0) is 54.7 Å². The van der Waals surface area contributed by atoms with Crippen LogP contribution < -0.4 is 5.32 Å². The fourth-order valence-corrected chi connectivity index (χ4v) is 4.75. The van der Waals surface area contributed by atoms with E-state index < -0.39 is 0 Å². The molecule has 1 unspecified atom stereocenters. The normalized spacial score (nSPS) is 17.3. The van der Waals surface area contributed by atoms with Crippen molar-refractivity contribution >= 4 is 11.4 Å². The van der Waals surface area contributed by atoms with Crippen molar-refractivity contribution < 1.29 is 0 Å². The molecule has 3 aromatic rings. The number of rotatable bonds is 8. The second-order valence-electron chi connectivity index (χ2n) is 8.41. The lowest BCUT2D eigenvalue weighted by Gasteiger charge is -2.35. The first kappa shape index (κ1) is 20.0.